The molecule has 1 aromatic heterocycles. The molecule has 0 aliphatic carbocycles. The molecule has 0 bridgehead atoms. The summed E-state index contributed by atoms with van der Waals surface area (Å²) in [5, 5.41) is 4.42. The second-order valence-electron chi connectivity index (χ2n) is 5.55. The summed E-state index contributed by atoms with van der Waals surface area (Å²) in [5.41, 5.74) is 0.425. The lowest BCUT2D eigenvalue weighted by Gasteiger charge is -2.24. The quantitative estimate of drug-likeness (QED) is 0.929. The Morgan fingerprint density at radius 3 is 2.87 bits per heavy atom. The lowest BCUT2D eigenvalue weighted by molar-refractivity contribution is -0.114. The van der Waals surface area contributed by atoms with Gasteiger partial charge in [0.2, 0.25) is 5.91 Å². The number of thiophene rings is 1. The van der Waals surface area contributed by atoms with Gasteiger partial charge in [0, 0.05) is 23.9 Å². The van der Waals surface area contributed by atoms with E-state index >= 15 is 0 Å². The van der Waals surface area contributed by atoms with Gasteiger partial charge in [0.1, 0.15) is 5.82 Å². The molecule has 0 radical (unpaired) electrons. The molecule has 1 N–H and O–H groups in total. The molecule has 1 fully saturated rings. The van der Waals surface area contributed by atoms with Gasteiger partial charge in [-0.25, -0.2) is 4.39 Å². The number of amides is 2. The number of hydrogen-bond donors (Lipinski definition) is 1. The van der Waals surface area contributed by atoms with Crippen molar-refractivity contribution >= 4 is 28.8 Å². The highest BCUT2D eigenvalue weighted by Gasteiger charge is 2.31. The van der Waals surface area contributed by atoms with Crippen molar-refractivity contribution in [3.8, 4) is 0 Å². The van der Waals surface area contributed by atoms with Gasteiger partial charge in [-0.2, -0.15) is 0 Å². The summed E-state index contributed by atoms with van der Waals surface area (Å²) in [6.45, 7) is 2.00. The maximum absolute atomic E-state index is 13.7. The van der Waals surface area contributed by atoms with Gasteiger partial charge in [0.05, 0.1) is 11.7 Å². The second kappa shape index (κ2) is 6.50. The van der Waals surface area contributed by atoms with E-state index < -0.39 is 5.82 Å². The van der Waals surface area contributed by atoms with Gasteiger partial charge in [0.15, 0.2) is 0 Å². The molecule has 1 saturated heterocycles. The number of hydrogen-bond acceptors (Lipinski definition) is 3. The highest BCUT2D eigenvalue weighted by atomic mass is 32.1. The van der Waals surface area contributed by atoms with Gasteiger partial charge in [-0.15, -0.1) is 11.3 Å². The maximum Gasteiger partial charge on any atom is 0.254 e. The zero-order chi connectivity index (χ0) is 16.4. The van der Waals surface area contributed by atoms with Crippen LogP contribution in [0.3, 0.4) is 0 Å². The Hall–Kier alpha value is -2.21. The normalized spacial score (nSPS) is 17.3. The van der Waals surface area contributed by atoms with Crippen molar-refractivity contribution in [1.82, 2.24) is 4.90 Å². The number of nitrogens with one attached hydrogen (secondary N) is 1. The Morgan fingerprint density at radius 1 is 1.35 bits per heavy atom. The van der Waals surface area contributed by atoms with Crippen LogP contribution >= 0.6 is 11.3 Å². The van der Waals surface area contributed by atoms with E-state index in [4.69, 9.17) is 0 Å². The molecule has 23 heavy (non-hydrogen) atoms. The van der Waals surface area contributed by atoms with E-state index in [-0.39, 0.29) is 23.5 Å². The lowest BCUT2D eigenvalue weighted by Crippen LogP contribution is -2.30. The molecule has 1 aliphatic heterocycles. The minimum Gasteiger partial charge on any atom is -0.331 e. The van der Waals surface area contributed by atoms with Crippen LogP contribution in [0.4, 0.5) is 10.1 Å². The van der Waals surface area contributed by atoms with Crippen LogP contribution in [-0.2, 0) is 4.79 Å². The molecule has 2 aromatic rings. The predicted molar refractivity (Wildman–Crippen MR) is 88.0 cm³/mol. The summed E-state index contributed by atoms with van der Waals surface area (Å²) < 4.78 is 13.7. The van der Waals surface area contributed by atoms with Crippen LogP contribution in [0.25, 0.3) is 0 Å². The van der Waals surface area contributed by atoms with Crippen molar-refractivity contribution in [1.29, 1.82) is 0 Å². The van der Waals surface area contributed by atoms with Gasteiger partial charge in [-0.3, -0.25) is 9.59 Å². The molecule has 1 aliphatic rings. The molecule has 2 heterocycles. The number of halogens is 1. The molecule has 1 atom stereocenters. The van der Waals surface area contributed by atoms with Gasteiger partial charge >= 0.3 is 0 Å². The number of likely N-dealkylation sites (tertiary alicyclic amines) is 1. The number of carbonyl (C=O) groups is 2. The third-order valence-corrected chi connectivity index (χ3v) is 4.88. The summed E-state index contributed by atoms with van der Waals surface area (Å²) in [7, 11) is 0. The average molecular weight is 332 g/mol. The average Bonchev–Trinajstić information content (AvgIpc) is 3.18. The van der Waals surface area contributed by atoms with Crippen LogP contribution in [0.15, 0.2) is 35.7 Å². The topological polar surface area (TPSA) is 49.4 Å². The standard InChI is InChI=1S/C17H17FN2O2S/c1-11(21)19-14-10-12(6-7-13(14)18)17(22)20-8-2-4-15(20)16-5-3-9-23-16/h3,5-7,9-10,15H,2,4,8H2,1H3,(H,19,21). The molecule has 1 aromatic carbocycles. The SMILES string of the molecule is CC(=O)Nc1cc(C(=O)N2CCCC2c2cccs2)ccc1F. The molecule has 120 valence electrons. The second-order valence-corrected chi connectivity index (χ2v) is 6.53. The predicted octanol–water partition coefficient (Wildman–Crippen LogP) is 3.82. The smallest absolute Gasteiger partial charge is 0.254 e. The minimum absolute atomic E-state index is 0.0372. The van der Waals surface area contributed by atoms with Gasteiger partial charge in [0.25, 0.3) is 5.91 Å². The zero-order valence-corrected chi connectivity index (χ0v) is 13.5. The third kappa shape index (κ3) is 3.27. The Kier molecular flexibility index (Phi) is 4.43. The Labute approximate surface area is 137 Å². The molecule has 0 saturated carbocycles. The number of anilines is 1. The van der Waals surface area contributed by atoms with Crippen LogP contribution in [-0.4, -0.2) is 23.3 Å². The molecule has 3 rings (SSSR count). The Bertz CT molecular complexity index is 730. The molecule has 4 nitrogen and oxygen atoms in total. The van der Waals surface area contributed by atoms with Crippen molar-refractivity contribution in [2.75, 3.05) is 11.9 Å². The van der Waals surface area contributed by atoms with E-state index in [1.807, 2.05) is 22.4 Å². The molecular weight excluding hydrogens is 315 g/mol. The van der Waals surface area contributed by atoms with E-state index in [2.05, 4.69) is 5.32 Å². The minimum atomic E-state index is -0.548. The van der Waals surface area contributed by atoms with Gasteiger partial charge in [-0.05, 0) is 42.5 Å². The molecule has 0 spiro atoms. The summed E-state index contributed by atoms with van der Waals surface area (Å²) in [4.78, 5) is 26.9. The maximum atomic E-state index is 13.7. The summed E-state index contributed by atoms with van der Waals surface area (Å²) >= 11 is 1.64. The van der Waals surface area contributed by atoms with Crippen LogP contribution in [0.1, 0.15) is 41.0 Å². The summed E-state index contributed by atoms with van der Waals surface area (Å²) in [6.07, 6.45) is 1.89. The zero-order valence-electron chi connectivity index (χ0n) is 12.7. The van der Waals surface area contributed by atoms with E-state index in [0.29, 0.717) is 12.1 Å². The monoisotopic (exact) mass is 332 g/mol. The van der Waals surface area contributed by atoms with E-state index in [1.165, 1.54) is 30.0 Å². The fourth-order valence-electron chi connectivity index (χ4n) is 2.90. The van der Waals surface area contributed by atoms with Crippen molar-refractivity contribution in [3.63, 3.8) is 0 Å². The molecular formula is C17H17FN2O2S. The van der Waals surface area contributed by atoms with Crippen LogP contribution in [0, 0.1) is 5.82 Å². The Balaban J connectivity index is 1.86. The van der Waals surface area contributed by atoms with Gasteiger partial charge < -0.3 is 10.2 Å². The number of nitrogens with zero attached hydrogens (tertiary/aromatic N) is 1. The molecule has 6 heteroatoms. The summed E-state index contributed by atoms with van der Waals surface area (Å²) in [5.74, 6) is -1.05. The third-order valence-electron chi connectivity index (χ3n) is 3.91. The van der Waals surface area contributed by atoms with Crippen molar-refractivity contribution < 1.29 is 14.0 Å². The Morgan fingerprint density at radius 2 is 2.17 bits per heavy atom. The van der Waals surface area contributed by atoms with Gasteiger partial charge in [-0.1, -0.05) is 6.07 Å². The highest BCUT2D eigenvalue weighted by Crippen LogP contribution is 2.35. The first-order chi connectivity index (χ1) is 11.1. The first-order valence-corrected chi connectivity index (χ1v) is 8.36. The summed E-state index contributed by atoms with van der Waals surface area (Å²) in [6, 6.07) is 8.18. The molecule has 1 unspecified atom stereocenters. The van der Waals surface area contributed by atoms with Crippen LogP contribution < -0.4 is 5.32 Å². The van der Waals surface area contributed by atoms with Crippen LogP contribution in [0.2, 0.25) is 0 Å². The van der Waals surface area contributed by atoms with E-state index in [0.717, 1.165) is 12.8 Å². The largest absolute Gasteiger partial charge is 0.331 e. The number of benzene rings is 1. The van der Waals surface area contributed by atoms with Crippen molar-refractivity contribution in [2.24, 2.45) is 0 Å². The lowest BCUT2D eigenvalue weighted by atomic mass is 10.1. The van der Waals surface area contributed by atoms with Crippen molar-refractivity contribution in [3.05, 3.63) is 52.0 Å². The fraction of sp³-hybridized carbons (Fsp3) is 0.294. The first-order valence-electron chi connectivity index (χ1n) is 7.48. The van der Waals surface area contributed by atoms with Crippen LogP contribution in [0.5, 0.6) is 0 Å². The van der Waals surface area contributed by atoms with Crippen molar-refractivity contribution in [2.45, 2.75) is 25.8 Å². The fourth-order valence-corrected chi connectivity index (χ4v) is 3.77. The first kappa shape index (κ1) is 15.7. The number of rotatable bonds is 3. The highest BCUT2D eigenvalue weighted by molar-refractivity contribution is 7.10. The molecule has 2 amide bonds. The number of carbonyl (C=O) groups excluding carboxylic acids is 2. The van der Waals surface area contributed by atoms with E-state index in [9.17, 15) is 14.0 Å². The van der Waals surface area contributed by atoms with E-state index in [1.54, 1.807) is 11.3 Å².